The first-order valence-corrected chi connectivity index (χ1v) is 8.81. The highest BCUT2D eigenvalue weighted by Gasteiger charge is 2.14. The van der Waals surface area contributed by atoms with Crippen LogP contribution in [0.25, 0.3) is 28.1 Å². The minimum absolute atomic E-state index is 0.469. The summed E-state index contributed by atoms with van der Waals surface area (Å²) in [5.41, 5.74) is 4.05. The Hall–Kier alpha value is -3.26. The molecular formula is C18H15ClN8. The molecule has 0 aliphatic rings. The van der Waals surface area contributed by atoms with Gasteiger partial charge < -0.3 is 0 Å². The lowest BCUT2D eigenvalue weighted by atomic mass is 10.2. The Balaban J connectivity index is 1.52. The molecule has 0 spiro atoms. The van der Waals surface area contributed by atoms with Crippen LogP contribution in [0.4, 0.5) is 0 Å². The zero-order valence-corrected chi connectivity index (χ0v) is 15.5. The van der Waals surface area contributed by atoms with E-state index in [0.717, 1.165) is 27.9 Å². The molecule has 4 aromatic heterocycles. The molecule has 0 atom stereocenters. The van der Waals surface area contributed by atoms with Crippen molar-refractivity contribution in [2.75, 3.05) is 0 Å². The molecule has 134 valence electrons. The number of benzene rings is 1. The van der Waals surface area contributed by atoms with Crippen LogP contribution >= 0.6 is 11.6 Å². The standard InChI is InChI=1S/C18H15ClN8/c1-11-16(19)12(2)27(22-11)10-25-8-7-15(23-25)17-21-18-13-5-3-4-6-14(13)20-9-26(18)24-17/h3-9H,10H2,1-2H3. The van der Waals surface area contributed by atoms with Gasteiger partial charge in [-0.1, -0.05) is 23.7 Å². The molecule has 0 unspecified atom stereocenters. The van der Waals surface area contributed by atoms with Crippen molar-refractivity contribution in [1.82, 2.24) is 39.1 Å². The summed E-state index contributed by atoms with van der Waals surface area (Å²) >= 11 is 6.22. The van der Waals surface area contributed by atoms with Crippen LogP contribution in [0.1, 0.15) is 11.4 Å². The monoisotopic (exact) mass is 378 g/mol. The van der Waals surface area contributed by atoms with Gasteiger partial charge >= 0.3 is 0 Å². The lowest BCUT2D eigenvalue weighted by Gasteiger charge is -2.04. The number of hydrogen-bond acceptors (Lipinski definition) is 5. The van der Waals surface area contributed by atoms with Gasteiger partial charge in [0.2, 0.25) is 5.82 Å². The maximum Gasteiger partial charge on any atom is 0.202 e. The van der Waals surface area contributed by atoms with Gasteiger partial charge in [-0.25, -0.2) is 19.2 Å². The van der Waals surface area contributed by atoms with Crippen molar-refractivity contribution in [1.29, 1.82) is 0 Å². The molecule has 5 rings (SSSR count). The molecule has 0 saturated carbocycles. The molecule has 8 nitrogen and oxygen atoms in total. The van der Waals surface area contributed by atoms with Gasteiger partial charge in [0, 0.05) is 11.6 Å². The number of hydrogen-bond donors (Lipinski definition) is 0. The van der Waals surface area contributed by atoms with Crippen molar-refractivity contribution < 1.29 is 0 Å². The lowest BCUT2D eigenvalue weighted by Crippen LogP contribution is -2.11. The Bertz CT molecular complexity index is 1300. The first-order chi connectivity index (χ1) is 13.1. The third kappa shape index (κ3) is 2.57. The molecule has 27 heavy (non-hydrogen) atoms. The SMILES string of the molecule is Cc1nn(Cn2ccc(-c3nc4c5ccccc5ncn4n3)n2)c(C)c1Cl. The van der Waals surface area contributed by atoms with Gasteiger partial charge in [0.25, 0.3) is 0 Å². The zero-order chi connectivity index (χ0) is 18.5. The highest BCUT2D eigenvalue weighted by atomic mass is 35.5. The summed E-state index contributed by atoms with van der Waals surface area (Å²) < 4.78 is 5.29. The fraction of sp³-hybridized carbons (Fsp3) is 0.167. The van der Waals surface area contributed by atoms with Crippen LogP contribution in [0.15, 0.2) is 42.9 Å². The third-order valence-electron chi connectivity index (χ3n) is 4.52. The van der Waals surface area contributed by atoms with E-state index in [1.165, 1.54) is 0 Å². The molecule has 0 bridgehead atoms. The van der Waals surface area contributed by atoms with Crippen LogP contribution < -0.4 is 0 Å². The van der Waals surface area contributed by atoms with Crippen LogP contribution in [0.5, 0.6) is 0 Å². The molecule has 9 heteroatoms. The number of fused-ring (bicyclic) bond motifs is 3. The molecule has 0 aliphatic carbocycles. The summed E-state index contributed by atoms with van der Waals surface area (Å²) in [6.07, 6.45) is 3.55. The van der Waals surface area contributed by atoms with Crippen LogP contribution in [-0.2, 0) is 6.67 Å². The van der Waals surface area contributed by atoms with Gasteiger partial charge in [-0.2, -0.15) is 10.2 Å². The number of aryl methyl sites for hydroxylation is 1. The van der Waals surface area contributed by atoms with Crippen molar-refractivity contribution in [3.8, 4) is 11.5 Å². The lowest BCUT2D eigenvalue weighted by molar-refractivity contribution is 0.492. The zero-order valence-electron chi connectivity index (χ0n) is 14.7. The number of halogens is 1. The predicted octanol–water partition coefficient (Wildman–Crippen LogP) is 3.11. The van der Waals surface area contributed by atoms with E-state index >= 15 is 0 Å². The highest BCUT2D eigenvalue weighted by Crippen LogP contribution is 2.21. The number of aromatic nitrogens is 8. The summed E-state index contributed by atoms with van der Waals surface area (Å²) in [7, 11) is 0. The topological polar surface area (TPSA) is 78.7 Å². The highest BCUT2D eigenvalue weighted by molar-refractivity contribution is 6.31. The predicted molar refractivity (Wildman–Crippen MR) is 102 cm³/mol. The molecule has 0 N–H and O–H groups in total. The minimum atomic E-state index is 0.469. The Kier molecular flexibility index (Phi) is 3.48. The second kappa shape index (κ2) is 5.88. The Labute approximate surface area is 159 Å². The van der Waals surface area contributed by atoms with E-state index in [9.17, 15) is 0 Å². The Morgan fingerprint density at radius 2 is 1.89 bits per heavy atom. The van der Waals surface area contributed by atoms with Gasteiger partial charge in [-0.15, -0.1) is 5.10 Å². The largest absolute Gasteiger partial charge is 0.250 e. The number of para-hydroxylation sites is 1. The van der Waals surface area contributed by atoms with E-state index < -0.39 is 0 Å². The summed E-state index contributed by atoms with van der Waals surface area (Å²) in [6.45, 7) is 4.30. The normalized spacial score (nSPS) is 11.7. The van der Waals surface area contributed by atoms with Crippen molar-refractivity contribution in [2.24, 2.45) is 0 Å². The average Bonchev–Trinajstić information content (AvgIpc) is 3.37. The van der Waals surface area contributed by atoms with E-state index in [1.807, 2.05) is 55.1 Å². The summed E-state index contributed by atoms with van der Waals surface area (Å²) in [4.78, 5) is 9.07. The minimum Gasteiger partial charge on any atom is -0.250 e. The van der Waals surface area contributed by atoms with E-state index in [2.05, 4.69) is 25.3 Å². The Morgan fingerprint density at radius 3 is 2.70 bits per heavy atom. The van der Waals surface area contributed by atoms with E-state index in [4.69, 9.17) is 11.6 Å². The van der Waals surface area contributed by atoms with E-state index in [-0.39, 0.29) is 0 Å². The molecule has 1 aromatic carbocycles. The smallest absolute Gasteiger partial charge is 0.202 e. The molecule has 0 radical (unpaired) electrons. The summed E-state index contributed by atoms with van der Waals surface area (Å²) in [6, 6.07) is 9.75. The molecular weight excluding hydrogens is 364 g/mol. The van der Waals surface area contributed by atoms with Crippen LogP contribution in [-0.4, -0.2) is 39.1 Å². The number of nitrogens with zero attached hydrogens (tertiary/aromatic N) is 8. The van der Waals surface area contributed by atoms with Gasteiger partial charge in [0.05, 0.1) is 21.9 Å². The van der Waals surface area contributed by atoms with Crippen molar-refractivity contribution in [3.63, 3.8) is 0 Å². The molecule has 4 heterocycles. The van der Waals surface area contributed by atoms with Crippen molar-refractivity contribution >= 4 is 28.2 Å². The number of rotatable bonds is 3. The fourth-order valence-electron chi connectivity index (χ4n) is 3.10. The van der Waals surface area contributed by atoms with Crippen LogP contribution in [0, 0.1) is 13.8 Å². The van der Waals surface area contributed by atoms with Crippen molar-refractivity contribution in [3.05, 3.63) is 59.3 Å². The van der Waals surface area contributed by atoms with Gasteiger partial charge in [0.1, 0.15) is 18.7 Å². The maximum atomic E-state index is 6.22. The second-order valence-corrected chi connectivity index (χ2v) is 6.71. The second-order valence-electron chi connectivity index (χ2n) is 6.33. The Morgan fingerprint density at radius 1 is 1.04 bits per heavy atom. The first kappa shape index (κ1) is 16.0. The van der Waals surface area contributed by atoms with E-state index in [1.54, 1.807) is 15.5 Å². The third-order valence-corrected chi connectivity index (χ3v) is 5.07. The van der Waals surface area contributed by atoms with E-state index in [0.29, 0.717) is 23.2 Å². The molecule has 5 aromatic rings. The molecule has 0 amide bonds. The quantitative estimate of drug-likeness (QED) is 0.482. The van der Waals surface area contributed by atoms with Crippen LogP contribution in [0.2, 0.25) is 5.02 Å². The average molecular weight is 379 g/mol. The first-order valence-electron chi connectivity index (χ1n) is 8.43. The summed E-state index contributed by atoms with van der Waals surface area (Å²) in [5, 5.41) is 15.2. The maximum absolute atomic E-state index is 6.22. The summed E-state index contributed by atoms with van der Waals surface area (Å²) in [5.74, 6) is 0.554. The van der Waals surface area contributed by atoms with Crippen molar-refractivity contribution in [2.45, 2.75) is 20.5 Å². The molecule has 0 aliphatic heterocycles. The van der Waals surface area contributed by atoms with Gasteiger partial charge in [0.15, 0.2) is 5.65 Å². The van der Waals surface area contributed by atoms with Gasteiger partial charge in [-0.05, 0) is 32.0 Å². The van der Waals surface area contributed by atoms with Crippen LogP contribution in [0.3, 0.4) is 0 Å². The molecule has 0 saturated heterocycles. The molecule has 0 fully saturated rings. The van der Waals surface area contributed by atoms with Gasteiger partial charge in [-0.3, -0.25) is 4.68 Å². The fourth-order valence-corrected chi connectivity index (χ4v) is 3.23.